The van der Waals surface area contributed by atoms with Crippen molar-refractivity contribution >= 4 is 17.3 Å². The molecule has 6 heteroatoms. The number of halogens is 1. The van der Waals surface area contributed by atoms with Gasteiger partial charge in [-0.1, -0.05) is 0 Å². The van der Waals surface area contributed by atoms with Gasteiger partial charge in [0.2, 0.25) is 5.91 Å². The number of nitrogens with zero attached hydrogens (tertiary/aromatic N) is 1. The van der Waals surface area contributed by atoms with Crippen LogP contribution >= 0.6 is 0 Å². The largest absolute Gasteiger partial charge is 0.381 e. The van der Waals surface area contributed by atoms with E-state index in [0.29, 0.717) is 24.6 Å². The summed E-state index contributed by atoms with van der Waals surface area (Å²) in [6, 6.07) is 4.89. The Kier molecular flexibility index (Phi) is 4.36. The molecule has 1 aromatic carbocycles. The van der Waals surface area contributed by atoms with Crippen molar-refractivity contribution in [2.24, 2.45) is 5.92 Å². The van der Waals surface area contributed by atoms with Gasteiger partial charge in [0.05, 0.1) is 18.2 Å². The maximum atomic E-state index is 14.2. The molecule has 2 N–H and O–H groups in total. The summed E-state index contributed by atoms with van der Waals surface area (Å²) >= 11 is 0. The maximum absolute atomic E-state index is 14.2. The monoisotopic (exact) mass is 293 g/mol. The number of ether oxygens (including phenoxy) is 1. The van der Waals surface area contributed by atoms with Gasteiger partial charge in [-0.05, 0) is 24.6 Å². The molecular formula is C15H20FN3O2. The molecule has 0 aromatic heterocycles. The predicted octanol–water partition coefficient (Wildman–Crippen LogP) is 1.21. The van der Waals surface area contributed by atoms with Gasteiger partial charge in [0.15, 0.2) is 0 Å². The molecular weight excluding hydrogens is 273 g/mol. The minimum atomic E-state index is -0.294. The summed E-state index contributed by atoms with van der Waals surface area (Å²) in [7, 11) is 0. The molecule has 2 saturated heterocycles. The maximum Gasteiger partial charge on any atom is 0.229 e. The second-order valence-corrected chi connectivity index (χ2v) is 5.45. The molecule has 1 amide bonds. The molecule has 0 bridgehead atoms. The Morgan fingerprint density at radius 3 is 2.86 bits per heavy atom. The van der Waals surface area contributed by atoms with Crippen LogP contribution in [-0.4, -0.2) is 45.3 Å². The highest BCUT2D eigenvalue weighted by molar-refractivity contribution is 5.93. The summed E-state index contributed by atoms with van der Waals surface area (Å²) in [5, 5.41) is 6.00. The third-order valence-electron chi connectivity index (χ3n) is 3.97. The van der Waals surface area contributed by atoms with Crippen molar-refractivity contribution in [2.75, 3.05) is 49.6 Å². The van der Waals surface area contributed by atoms with Crippen LogP contribution in [0.1, 0.15) is 6.42 Å². The van der Waals surface area contributed by atoms with Crippen LogP contribution in [0.4, 0.5) is 15.8 Å². The zero-order valence-corrected chi connectivity index (χ0v) is 11.9. The average Bonchev–Trinajstić information content (AvgIpc) is 3.02. The van der Waals surface area contributed by atoms with E-state index in [9.17, 15) is 9.18 Å². The molecule has 1 unspecified atom stereocenters. The van der Waals surface area contributed by atoms with E-state index in [0.717, 1.165) is 32.6 Å². The van der Waals surface area contributed by atoms with Crippen LogP contribution in [-0.2, 0) is 9.53 Å². The van der Waals surface area contributed by atoms with E-state index in [2.05, 4.69) is 10.6 Å². The lowest BCUT2D eigenvalue weighted by Crippen LogP contribution is -2.43. The van der Waals surface area contributed by atoms with Crippen molar-refractivity contribution in [1.82, 2.24) is 5.32 Å². The highest BCUT2D eigenvalue weighted by Gasteiger charge is 2.24. The SMILES string of the molecule is O=C(Nc1ccc(N2CCNCC2)c(F)c1)C1CCOC1. The minimum absolute atomic E-state index is 0.0955. The first-order chi connectivity index (χ1) is 10.2. The lowest BCUT2D eigenvalue weighted by molar-refractivity contribution is -0.119. The molecule has 1 atom stereocenters. The summed E-state index contributed by atoms with van der Waals surface area (Å²) < 4.78 is 19.4. The summed E-state index contributed by atoms with van der Waals surface area (Å²) in [5.41, 5.74) is 1.10. The van der Waals surface area contributed by atoms with E-state index in [1.807, 2.05) is 4.90 Å². The van der Waals surface area contributed by atoms with Crippen LogP contribution in [0.3, 0.4) is 0 Å². The third kappa shape index (κ3) is 3.33. The van der Waals surface area contributed by atoms with Gasteiger partial charge < -0.3 is 20.3 Å². The Balaban J connectivity index is 1.67. The van der Waals surface area contributed by atoms with Crippen molar-refractivity contribution < 1.29 is 13.9 Å². The van der Waals surface area contributed by atoms with Crippen molar-refractivity contribution in [3.8, 4) is 0 Å². The smallest absolute Gasteiger partial charge is 0.229 e. The molecule has 2 aliphatic rings. The van der Waals surface area contributed by atoms with Crippen molar-refractivity contribution in [2.45, 2.75) is 6.42 Å². The zero-order chi connectivity index (χ0) is 14.7. The number of amides is 1. The summed E-state index contributed by atoms with van der Waals surface area (Å²) in [4.78, 5) is 14.0. The van der Waals surface area contributed by atoms with Gasteiger partial charge in [-0.25, -0.2) is 4.39 Å². The summed E-state index contributed by atoms with van der Waals surface area (Å²) in [6.07, 6.45) is 0.729. The first kappa shape index (κ1) is 14.3. The lowest BCUT2D eigenvalue weighted by atomic mass is 10.1. The van der Waals surface area contributed by atoms with Crippen LogP contribution in [0.15, 0.2) is 18.2 Å². The van der Waals surface area contributed by atoms with Crippen molar-refractivity contribution in [1.29, 1.82) is 0 Å². The number of carbonyl (C=O) groups is 1. The predicted molar refractivity (Wildman–Crippen MR) is 79.0 cm³/mol. The molecule has 114 valence electrons. The van der Waals surface area contributed by atoms with Crippen LogP contribution in [0.2, 0.25) is 0 Å². The van der Waals surface area contributed by atoms with Crippen LogP contribution in [0.5, 0.6) is 0 Å². The molecule has 0 saturated carbocycles. The van der Waals surface area contributed by atoms with Gasteiger partial charge in [0.1, 0.15) is 5.82 Å². The van der Waals surface area contributed by atoms with Gasteiger partial charge in [-0.2, -0.15) is 0 Å². The van der Waals surface area contributed by atoms with Gasteiger partial charge in [-0.15, -0.1) is 0 Å². The topological polar surface area (TPSA) is 53.6 Å². The number of hydrogen-bond acceptors (Lipinski definition) is 4. The Bertz CT molecular complexity index is 512. The number of nitrogens with one attached hydrogen (secondary N) is 2. The minimum Gasteiger partial charge on any atom is -0.381 e. The lowest BCUT2D eigenvalue weighted by Gasteiger charge is -2.29. The van der Waals surface area contributed by atoms with E-state index >= 15 is 0 Å². The molecule has 2 heterocycles. The van der Waals surface area contributed by atoms with Gasteiger partial charge in [0, 0.05) is 38.5 Å². The molecule has 2 fully saturated rings. The Labute approximate surface area is 123 Å². The molecule has 0 spiro atoms. The number of rotatable bonds is 3. The number of benzene rings is 1. The molecule has 3 rings (SSSR count). The van der Waals surface area contributed by atoms with Gasteiger partial charge in [0.25, 0.3) is 0 Å². The summed E-state index contributed by atoms with van der Waals surface area (Å²) in [6.45, 7) is 4.38. The first-order valence-electron chi connectivity index (χ1n) is 7.38. The Morgan fingerprint density at radius 1 is 1.38 bits per heavy atom. The molecule has 5 nitrogen and oxygen atoms in total. The first-order valence-corrected chi connectivity index (χ1v) is 7.38. The van der Waals surface area contributed by atoms with Crippen LogP contribution < -0.4 is 15.5 Å². The van der Waals surface area contributed by atoms with Crippen LogP contribution in [0, 0.1) is 11.7 Å². The highest BCUT2D eigenvalue weighted by Crippen LogP contribution is 2.24. The number of hydrogen-bond donors (Lipinski definition) is 2. The highest BCUT2D eigenvalue weighted by atomic mass is 19.1. The number of anilines is 2. The Hall–Kier alpha value is -1.66. The quantitative estimate of drug-likeness (QED) is 0.879. The van der Waals surface area contributed by atoms with E-state index in [-0.39, 0.29) is 17.6 Å². The second-order valence-electron chi connectivity index (χ2n) is 5.45. The second kappa shape index (κ2) is 6.41. The molecule has 2 aliphatic heterocycles. The van der Waals surface area contributed by atoms with E-state index < -0.39 is 0 Å². The Morgan fingerprint density at radius 2 is 2.19 bits per heavy atom. The third-order valence-corrected chi connectivity index (χ3v) is 3.97. The standard InChI is InChI=1S/C15H20FN3O2/c16-13-9-12(18-15(20)11-3-8-21-10-11)1-2-14(13)19-6-4-17-5-7-19/h1-2,9,11,17H,3-8,10H2,(H,18,20). The fraction of sp³-hybridized carbons (Fsp3) is 0.533. The molecule has 0 radical (unpaired) electrons. The van der Waals surface area contributed by atoms with Gasteiger partial charge in [-0.3, -0.25) is 4.79 Å². The molecule has 21 heavy (non-hydrogen) atoms. The van der Waals surface area contributed by atoms with Crippen molar-refractivity contribution in [3.63, 3.8) is 0 Å². The van der Waals surface area contributed by atoms with Crippen molar-refractivity contribution in [3.05, 3.63) is 24.0 Å². The molecule has 1 aromatic rings. The summed E-state index contributed by atoms with van der Waals surface area (Å²) in [5.74, 6) is -0.514. The van der Waals surface area contributed by atoms with E-state index in [1.165, 1.54) is 6.07 Å². The van der Waals surface area contributed by atoms with Crippen LogP contribution in [0.25, 0.3) is 0 Å². The van der Waals surface area contributed by atoms with Gasteiger partial charge >= 0.3 is 0 Å². The fourth-order valence-electron chi connectivity index (χ4n) is 2.73. The normalized spacial score (nSPS) is 22.3. The zero-order valence-electron chi connectivity index (χ0n) is 11.9. The fourth-order valence-corrected chi connectivity index (χ4v) is 2.73. The molecule has 0 aliphatic carbocycles. The number of piperazine rings is 1. The van der Waals surface area contributed by atoms with E-state index in [4.69, 9.17) is 4.74 Å². The average molecular weight is 293 g/mol. The van der Waals surface area contributed by atoms with E-state index in [1.54, 1.807) is 12.1 Å². The number of carbonyl (C=O) groups excluding carboxylic acids is 1.